The molecule has 0 bridgehead atoms. The lowest BCUT2D eigenvalue weighted by atomic mass is 9.94. The highest BCUT2D eigenvalue weighted by Gasteiger charge is 2.34. The fraction of sp³-hybridized carbons (Fsp3) is 1.00. The summed E-state index contributed by atoms with van der Waals surface area (Å²) in [6.45, 7) is 0.126. The minimum atomic E-state index is -1.02. The van der Waals surface area contributed by atoms with E-state index in [-0.39, 0.29) is 0 Å². The van der Waals surface area contributed by atoms with E-state index in [1.54, 1.807) is 0 Å². The molecule has 0 aliphatic carbocycles. The summed E-state index contributed by atoms with van der Waals surface area (Å²) < 4.78 is 0. The zero-order chi connectivity index (χ0) is 9.14. The molecular weight excluding hydrogens is 162 g/mol. The van der Waals surface area contributed by atoms with Crippen LogP contribution in [0.5, 0.6) is 0 Å². The average Bonchev–Trinajstić information content (AvgIpc) is 2.08. The second kappa shape index (κ2) is 4.15. The summed E-state index contributed by atoms with van der Waals surface area (Å²) >= 11 is 0. The van der Waals surface area contributed by atoms with Gasteiger partial charge >= 0.3 is 0 Å². The SMILES string of the molecule is OC[C@@H](O)[C@H]1NCC[C@@H](O)[C@@H]1O. The lowest BCUT2D eigenvalue weighted by molar-refractivity contribution is -0.0689. The van der Waals surface area contributed by atoms with Gasteiger partial charge in [0.15, 0.2) is 0 Å². The zero-order valence-electron chi connectivity index (χ0n) is 6.72. The number of nitrogens with one attached hydrogen (secondary N) is 1. The lowest BCUT2D eigenvalue weighted by Crippen LogP contribution is -2.58. The van der Waals surface area contributed by atoms with E-state index in [1.165, 1.54) is 0 Å². The Labute approximate surface area is 70.6 Å². The van der Waals surface area contributed by atoms with Crippen molar-refractivity contribution in [3.05, 3.63) is 0 Å². The van der Waals surface area contributed by atoms with Gasteiger partial charge in [-0.1, -0.05) is 0 Å². The predicted octanol–water partition coefficient (Wildman–Crippen LogP) is -2.58. The second-order valence-corrected chi connectivity index (χ2v) is 3.08. The van der Waals surface area contributed by atoms with Crippen molar-refractivity contribution < 1.29 is 20.4 Å². The molecule has 5 heteroatoms. The van der Waals surface area contributed by atoms with Crippen molar-refractivity contribution in [2.45, 2.75) is 30.8 Å². The molecule has 5 N–H and O–H groups in total. The molecule has 0 unspecified atom stereocenters. The van der Waals surface area contributed by atoms with Gasteiger partial charge in [0.25, 0.3) is 0 Å². The van der Waals surface area contributed by atoms with E-state index >= 15 is 0 Å². The molecule has 0 spiro atoms. The van der Waals surface area contributed by atoms with E-state index in [0.717, 1.165) is 0 Å². The van der Waals surface area contributed by atoms with Crippen LogP contribution >= 0.6 is 0 Å². The van der Waals surface area contributed by atoms with E-state index in [1.807, 2.05) is 0 Å². The maximum absolute atomic E-state index is 9.36. The van der Waals surface area contributed by atoms with Gasteiger partial charge in [-0.15, -0.1) is 0 Å². The Hall–Kier alpha value is -0.200. The highest BCUT2D eigenvalue weighted by molar-refractivity contribution is 4.90. The molecule has 1 aliphatic rings. The highest BCUT2D eigenvalue weighted by Crippen LogP contribution is 2.12. The summed E-state index contributed by atoms with van der Waals surface area (Å²) in [7, 11) is 0. The van der Waals surface area contributed by atoms with E-state index in [0.29, 0.717) is 13.0 Å². The van der Waals surface area contributed by atoms with Crippen LogP contribution < -0.4 is 5.32 Å². The first kappa shape index (κ1) is 9.88. The van der Waals surface area contributed by atoms with Gasteiger partial charge in [-0.2, -0.15) is 0 Å². The molecule has 1 rings (SSSR count). The van der Waals surface area contributed by atoms with E-state index < -0.39 is 31.0 Å². The summed E-state index contributed by atoms with van der Waals surface area (Å²) in [6.07, 6.45) is -2.36. The first-order valence-electron chi connectivity index (χ1n) is 4.05. The first-order valence-corrected chi connectivity index (χ1v) is 4.05. The summed E-state index contributed by atoms with van der Waals surface area (Å²) in [6, 6.07) is -0.626. The van der Waals surface area contributed by atoms with Gasteiger partial charge in [0.2, 0.25) is 0 Å². The fourth-order valence-corrected chi connectivity index (χ4v) is 1.41. The second-order valence-electron chi connectivity index (χ2n) is 3.08. The quantitative estimate of drug-likeness (QED) is 0.319. The van der Waals surface area contributed by atoms with Crippen LogP contribution in [0.15, 0.2) is 0 Å². The van der Waals surface area contributed by atoms with Crippen LogP contribution in [0.2, 0.25) is 0 Å². The predicted molar refractivity (Wildman–Crippen MR) is 41.5 cm³/mol. The molecule has 0 amide bonds. The molecule has 0 radical (unpaired) electrons. The summed E-state index contributed by atoms with van der Waals surface area (Å²) in [5.41, 5.74) is 0. The van der Waals surface area contributed by atoms with E-state index in [4.69, 9.17) is 5.11 Å². The van der Waals surface area contributed by atoms with Crippen LogP contribution in [-0.2, 0) is 0 Å². The van der Waals surface area contributed by atoms with Gasteiger partial charge in [0, 0.05) is 0 Å². The van der Waals surface area contributed by atoms with Crippen molar-refractivity contribution >= 4 is 0 Å². The Morgan fingerprint density at radius 2 is 2.08 bits per heavy atom. The van der Waals surface area contributed by atoms with Crippen molar-refractivity contribution in [1.82, 2.24) is 5.32 Å². The molecule has 0 aromatic rings. The maximum atomic E-state index is 9.36. The standard InChI is InChI=1S/C7H15NO4/c9-3-5(11)6-7(12)4(10)1-2-8-6/h4-12H,1-3H2/t4-,5-,6-,7+/m1/s1. The highest BCUT2D eigenvalue weighted by atomic mass is 16.3. The number of rotatable bonds is 2. The zero-order valence-corrected chi connectivity index (χ0v) is 6.72. The average molecular weight is 177 g/mol. The summed E-state index contributed by atoms with van der Waals surface area (Å²) in [5.74, 6) is 0. The molecule has 0 saturated carbocycles. The van der Waals surface area contributed by atoms with Crippen molar-refractivity contribution in [1.29, 1.82) is 0 Å². The molecule has 1 heterocycles. The molecule has 72 valence electrons. The monoisotopic (exact) mass is 177 g/mol. The molecule has 4 atom stereocenters. The van der Waals surface area contributed by atoms with Gasteiger partial charge < -0.3 is 25.7 Å². The van der Waals surface area contributed by atoms with Gasteiger partial charge in [0.1, 0.15) is 0 Å². The van der Waals surface area contributed by atoms with Crippen molar-refractivity contribution in [3.63, 3.8) is 0 Å². The van der Waals surface area contributed by atoms with Gasteiger partial charge in [-0.3, -0.25) is 0 Å². The molecule has 1 saturated heterocycles. The van der Waals surface area contributed by atoms with Crippen LogP contribution in [0.1, 0.15) is 6.42 Å². The smallest absolute Gasteiger partial charge is 0.0978 e. The number of aliphatic hydroxyl groups is 4. The van der Waals surface area contributed by atoms with Crippen LogP contribution in [0.25, 0.3) is 0 Å². The van der Waals surface area contributed by atoms with Gasteiger partial charge in [-0.05, 0) is 13.0 Å². The molecule has 0 aromatic heterocycles. The molecule has 1 aliphatic heterocycles. The number of piperidine rings is 1. The number of hydrogen-bond acceptors (Lipinski definition) is 5. The van der Waals surface area contributed by atoms with Gasteiger partial charge in [-0.25, -0.2) is 0 Å². The Morgan fingerprint density at radius 1 is 1.42 bits per heavy atom. The molecule has 12 heavy (non-hydrogen) atoms. The third-order valence-electron chi connectivity index (χ3n) is 2.18. The first-order chi connectivity index (χ1) is 5.66. The van der Waals surface area contributed by atoms with Crippen LogP contribution in [0.4, 0.5) is 0 Å². The minimum absolute atomic E-state index is 0.415. The van der Waals surface area contributed by atoms with E-state index in [2.05, 4.69) is 5.32 Å². The third kappa shape index (κ3) is 1.94. The Balaban J connectivity index is 2.51. The largest absolute Gasteiger partial charge is 0.394 e. The Kier molecular flexibility index (Phi) is 3.42. The molecule has 0 aromatic carbocycles. The van der Waals surface area contributed by atoms with Gasteiger partial charge in [0.05, 0.1) is 31.0 Å². The molecule has 5 nitrogen and oxygen atoms in total. The van der Waals surface area contributed by atoms with Crippen LogP contribution in [-0.4, -0.2) is 57.9 Å². The number of hydrogen-bond donors (Lipinski definition) is 5. The topological polar surface area (TPSA) is 93.0 Å². The van der Waals surface area contributed by atoms with Crippen molar-refractivity contribution in [2.24, 2.45) is 0 Å². The van der Waals surface area contributed by atoms with Crippen molar-refractivity contribution in [2.75, 3.05) is 13.2 Å². The molecule has 1 fully saturated rings. The Bertz CT molecular complexity index is 143. The Morgan fingerprint density at radius 3 is 2.67 bits per heavy atom. The molecular formula is C7H15NO4. The maximum Gasteiger partial charge on any atom is 0.0978 e. The fourth-order valence-electron chi connectivity index (χ4n) is 1.41. The normalized spacial score (nSPS) is 39.5. The van der Waals surface area contributed by atoms with Crippen LogP contribution in [0, 0.1) is 0 Å². The lowest BCUT2D eigenvalue weighted by Gasteiger charge is -2.35. The van der Waals surface area contributed by atoms with Crippen LogP contribution in [0.3, 0.4) is 0 Å². The minimum Gasteiger partial charge on any atom is -0.394 e. The summed E-state index contributed by atoms with van der Waals surface area (Å²) in [4.78, 5) is 0. The number of aliphatic hydroxyl groups excluding tert-OH is 4. The van der Waals surface area contributed by atoms with Crippen molar-refractivity contribution in [3.8, 4) is 0 Å². The van der Waals surface area contributed by atoms with E-state index in [9.17, 15) is 15.3 Å². The summed E-state index contributed by atoms with van der Waals surface area (Å²) in [5, 5.41) is 39.2. The third-order valence-corrected chi connectivity index (χ3v) is 2.18.